The predicted molar refractivity (Wildman–Crippen MR) is 41.8 cm³/mol. The van der Waals surface area contributed by atoms with E-state index in [2.05, 4.69) is 37.3 Å². The van der Waals surface area contributed by atoms with Crippen molar-refractivity contribution < 1.29 is 0 Å². The van der Waals surface area contributed by atoms with Crippen LogP contribution in [0, 0.1) is 13.0 Å². The van der Waals surface area contributed by atoms with Gasteiger partial charge in [0, 0.05) is 0 Å². The zero-order chi connectivity index (χ0) is 6.97. The van der Waals surface area contributed by atoms with Gasteiger partial charge in [-0.25, -0.2) is 0 Å². The average Bonchev–Trinajstić information content (AvgIpc) is 2.33. The van der Waals surface area contributed by atoms with E-state index in [4.69, 9.17) is 0 Å². The van der Waals surface area contributed by atoms with E-state index >= 15 is 0 Å². The highest BCUT2D eigenvalue weighted by Crippen LogP contribution is 2.17. The second-order valence-corrected chi connectivity index (χ2v) is 2.71. The Hall–Kier alpha value is -1.04. The van der Waals surface area contributed by atoms with E-state index in [0.717, 1.165) is 6.42 Å². The van der Waals surface area contributed by atoms with Gasteiger partial charge in [-0.1, -0.05) is 29.8 Å². The first-order valence-corrected chi connectivity index (χ1v) is 3.54. The monoisotopic (exact) mass is 129 g/mol. The molecule has 0 saturated carbocycles. The Kier molecular flexibility index (Phi) is 1.13. The number of rotatable bonds is 0. The molecular formula is C10H9. The number of hydrogen-bond donors (Lipinski definition) is 0. The zero-order valence-corrected chi connectivity index (χ0v) is 6.02. The van der Waals surface area contributed by atoms with E-state index in [9.17, 15) is 0 Å². The van der Waals surface area contributed by atoms with Crippen molar-refractivity contribution in [1.29, 1.82) is 0 Å². The molecule has 1 aliphatic carbocycles. The van der Waals surface area contributed by atoms with Crippen LogP contribution in [-0.4, -0.2) is 0 Å². The molecule has 1 aromatic rings. The number of benzene rings is 1. The van der Waals surface area contributed by atoms with Gasteiger partial charge in [-0.2, -0.15) is 0 Å². The molecule has 10 heavy (non-hydrogen) atoms. The van der Waals surface area contributed by atoms with Gasteiger partial charge in [0.2, 0.25) is 0 Å². The van der Waals surface area contributed by atoms with Crippen LogP contribution in [0.1, 0.15) is 16.7 Å². The second-order valence-electron chi connectivity index (χ2n) is 2.71. The molecule has 0 nitrogen and oxygen atoms in total. The molecular weight excluding hydrogens is 120 g/mol. The van der Waals surface area contributed by atoms with Gasteiger partial charge in [-0.3, -0.25) is 0 Å². The minimum Gasteiger partial charge on any atom is -0.0716 e. The zero-order valence-electron chi connectivity index (χ0n) is 6.02. The fourth-order valence-corrected chi connectivity index (χ4v) is 1.27. The SMILES string of the molecule is Cc1ccc2c(c1)[C]=CC2. The molecule has 0 unspecified atom stereocenters. The summed E-state index contributed by atoms with van der Waals surface area (Å²) in [5.41, 5.74) is 4.01. The predicted octanol–water partition coefficient (Wildman–Crippen LogP) is 2.26. The summed E-state index contributed by atoms with van der Waals surface area (Å²) in [7, 11) is 0. The van der Waals surface area contributed by atoms with Crippen molar-refractivity contribution >= 4 is 0 Å². The van der Waals surface area contributed by atoms with Gasteiger partial charge in [0.15, 0.2) is 0 Å². The quantitative estimate of drug-likeness (QED) is 0.504. The van der Waals surface area contributed by atoms with Crippen LogP contribution in [0.2, 0.25) is 0 Å². The molecule has 0 bridgehead atoms. The Bertz CT molecular complexity index is 282. The Morgan fingerprint density at radius 2 is 2.30 bits per heavy atom. The lowest BCUT2D eigenvalue weighted by Gasteiger charge is -1.97. The largest absolute Gasteiger partial charge is 0.0716 e. The molecule has 0 aliphatic heterocycles. The molecule has 1 aliphatic rings. The van der Waals surface area contributed by atoms with Crippen LogP contribution in [0.15, 0.2) is 24.3 Å². The van der Waals surface area contributed by atoms with Crippen molar-refractivity contribution in [3.63, 3.8) is 0 Å². The fraction of sp³-hybridized carbons (Fsp3) is 0.200. The van der Waals surface area contributed by atoms with Crippen LogP contribution < -0.4 is 0 Å². The molecule has 0 saturated heterocycles. The molecule has 0 heteroatoms. The van der Waals surface area contributed by atoms with E-state index in [1.54, 1.807) is 0 Å². The summed E-state index contributed by atoms with van der Waals surface area (Å²) in [6, 6.07) is 6.51. The molecule has 0 spiro atoms. The normalized spacial score (nSPS) is 13.7. The molecule has 0 fully saturated rings. The van der Waals surface area contributed by atoms with Crippen molar-refractivity contribution in [2.45, 2.75) is 13.3 Å². The molecule has 0 N–H and O–H groups in total. The van der Waals surface area contributed by atoms with E-state index in [1.165, 1.54) is 16.7 Å². The number of fused-ring (bicyclic) bond motifs is 1. The first-order chi connectivity index (χ1) is 4.86. The maximum Gasteiger partial charge on any atom is -0.00819 e. The highest BCUT2D eigenvalue weighted by atomic mass is 14.1. The third-order valence-corrected chi connectivity index (χ3v) is 1.84. The van der Waals surface area contributed by atoms with E-state index in [0.29, 0.717) is 0 Å². The molecule has 1 aromatic carbocycles. The minimum atomic E-state index is 1.07. The first kappa shape index (κ1) is 5.72. The summed E-state index contributed by atoms with van der Waals surface area (Å²) in [6.45, 7) is 2.11. The van der Waals surface area contributed by atoms with Gasteiger partial charge in [0.25, 0.3) is 0 Å². The van der Waals surface area contributed by atoms with Crippen molar-refractivity contribution in [2.24, 2.45) is 0 Å². The van der Waals surface area contributed by atoms with E-state index in [-0.39, 0.29) is 0 Å². The fourth-order valence-electron chi connectivity index (χ4n) is 1.27. The number of allylic oxidation sites excluding steroid dienone is 1. The lowest BCUT2D eigenvalue weighted by atomic mass is 10.1. The highest BCUT2D eigenvalue weighted by molar-refractivity contribution is 5.40. The maximum atomic E-state index is 3.22. The number of hydrogen-bond acceptors (Lipinski definition) is 0. The van der Waals surface area contributed by atoms with Crippen LogP contribution in [-0.2, 0) is 6.42 Å². The van der Waals surface area contributed by atoms with Crippen molar-refractivity contribution in [2.75, 3.05) is 0 Å². The summed E-state index contributed by atoms with van der Waals surface area (Å²) in [6.07, 6.45) is 6.37. The van der Waals surface area contributed by atoms with E-state index in [1.807, 2.05) is 0 Å². The van der Waals surface area contributed by atoms with Crippen molar-refractivity contribution in [1.82, 2.24) is 0 Å². The lowest BCUT2D eigenvalue weighted by Crippen LogP contribution is -1.81. The first-order valence-electron chi connectivity index (χ1n) is 3.54. The van der Waals surface area contributed by atoms with Crippen LogP contribution in [0.5, 0.6) is 0 Å². The lowest BCUT2D eigenvalue weighted by molar-refractivity contribution is 1.29. The molecule has 0 heterocycles. The minimum absolute atomic E-state index is 1.07. The Morgan fingerprint density at radius 1 is 1.40 bits per heavy atom. The van der Waals surface area contributed by atoms with Gasteiger partial charge in [-0.05, 0) is 30.5 Å². The van der Waals surface area contributed by atoms with Gasteiger partial charge >= 0.3 is 0 Å². The molecule has 0 amide bonds. The summed E-state index contributed by atoms with van der Waals surface area (Å²) in [5, 5.41) is 0. The van der Waals surface area contributed by atoms with Gasteiger partial charge in [0.05, 0.1) is 0 Å². The Morgan fingerprint density at radius 3 is 3.20 bits per heavy atom. The summed E-state index contributed by atoms with van der Waals surface area (Å²) in [5.74, 6) is 0. The maximum absolute atomic E-state index is 3.22. The van der Waals surface area contributed by atoms with Gasteiger partial charge in [0.1, 0.15) is 0 Å². The highest BCUT2D eigenvalue weighted by Gasteiger charge is 2.03. The molecule has 2 rings (SSSR count). The third kappa shape index (κ3) is 0.766. The second kappa shape index (κ2) is 1.98. The molecule has 0 aromatic heterocycles. The van der Waals surface area contributed by atoms with Crippen molar-refractivity contribution in [3.8, 4) is 0 Å². The summed E-state index contributed by atoms with van der Waals surface area (Å²) >= 11 is 0. The summed E-state index contributed by atoms with van der Waals surface area (Å²) in [4.78, 5) is 0. The standard InChI is InChI=1S/C10H9/c1-8-5-6-9-3-2-4-10(9)7-8/h2,5-7H,3H2,1H3. The van der Waals surface area contributed by atoms with Gasteiger partial charge < -0.3 is 0 Å². The smallest absolute Gasteiger partial charge is 0.00819 e. The Labute approximate surface area is 61.2 Å². The Balaban J connectivity index is 2.60. The van der Waals surface area contributed by atoms with Crippen LogP contribution in [0.3, 0.4) is 0 Å². The summed E-state index contributed by atoms with van der Waals surface area (Å²) < 4.78 is 0. The van der Waals surface area contributed by atoms with E-state index < -0.39 is 0 Å². The van der Waals surface area contributed by atoms with Crippen LogP contribution in [0.25, 0.3) is 0 Å². The third-order valence-electron chi connectivity index (χ3n) is 1.84. The van der Waals surface area contributed by atoms with Crippen molar-refractivity contribution in [3.05, 3.63) is 47.0 Å². The molecule has 1 radical (unpaired) electrons. The average molecular weight is 129 g/mol. The van der Waals surface area contributed by atoms with Gasteiger partial charge in [-0.15, -0.1) is 0 Å². The topological polar surface area (TPSA) is 0 Å². The molecule has 0 atom stereocenters. The number of aryl methyl sites for hydroxylation is 1. The van der Waals surface area contributed by atoms with Crippen LogP contribution in [0.4, 0.5) is 0 Å². The van der Waals surface area contributed by atoms with Crippen LogP contribution >= 0.6 is 0 Å². The molecule has 49 valence electrons.